The van der Waals surface area contributed by atoms with Gasteiger partial charge >= 0.3 is 0 Å². The largest absolute Gasteiger partial charge is 0.461 e. The van der Waals surface area contributed by atoms with Crippen molar-refractivity contribution in [1.82, 2.24) is 20.2 Å². The van der Waals surface area contributed by atoms with E-state index >= 15 is 0 Å². The van der Waals surface area contributed by atoms with Gasteiger partial charge in [-0.15, -0.1) is 10.2 Å². The Balaban J connectivity index is 1.69. The molecule has 2 aromatic heterocycles. The van der Waals surface area contributed by atoms with E-state index in [9.17, 15) is 0 Å². The number of furan rings is 1. The molecule has 21 heavy (non-hydrogen) atoms. The second-order valence-electron chi connectivity index (χ2n) is 4.76. The summed E-state index contributed by atoms with van der Waals surface area (Å²) in [7, 11) is 0. The molecule has 0 saturated carbocycles. The second kappa shape index (κ2) is 4.86. The van der Waals surface area contributed by atoms with Crippen LogP contribution in [0.25, 0.3) is 22.4 Å². The van der Waals surface area contributed by atoms with Gasteiger partial charge in [-0.05, 0) is 33.7 Å². The van der Waals surface area contributed by atoms with Crippen LogP contribution in [-0.2, 0) is 6.54 Å². The first kappa shape index (κ1) is 11.8. The number of aromatic nitrogens is 4. The van der Waals surface area contributed by atoms with Crippen LogP contribution in [0.3, 0.4) is 0 Å². The standard InChI is InChI=1S/C16H12N4O/c1-2-8-14-12(5-1)6-3-7-13(14)11-20-18-16(17-19-20)15-9-4-10-21-15/h1-10H,11H2. The summed E-state index contributed by atoms with van der Waals surface area (Å²) < 4.78 is 5.27. The van der Waals surface area contributed by atoms with Crippen LogP contribution in [-0.4, -0.2) is 20.2 Å². The summed E-state index contributed by atoms with van der Waals surface area (Å²) in [4.78, 5) is 1.58. The smallest absolute Gasteiger partial charge is 0.240 e. The molecule has 0 bridgehead atoms. The van der Waals surface area contributed by atoms with Crippen molar-refractivity contribution < 1.29 is 4.42 Å². The Hall–Kier alpha value is -2.95. The highest BCUT2D eigenvalue weighted by Crippen LogP contribution is 2.19. The van der Waals surface area contributed by atoms with Crippen LogP contribution in [0.1, 0.15) is 5.56 Å². The molecular formula is C16H12N4O. The zero-order chi connectivity index (χ0) is 14.1. The third-order valence-corrected chi connectivity index (χ3v) is 3.39. The van der Waals surface area contributed by atoms with E-state index in [0.717, 1.165) is 5.56 Å². The summed E-state index contributed by atoms with van der Waals surface area (Å²) >= 11 is 0. The third-order valence-electron chi connectivity index (χ3n) is 3.39. The van der Waals surface area contributed by atoms with Gasteiger partial charge in [0, 0.05) is 0 Å². The van der Waals surface area contributed by atoms with Gasteiger partial charge in [-0.3, -0.25) is 0 Å². The maximum Gasteiger partial charge on any atom is 0.240 e. The van der Waals surface area contributed by atoms with Gasteiger partial charge in [0.15, 0.2) is 5.76 Å². The lowest BCUT2D eigenvalue weighted by atomic mass is 10.1. The van der Waals surface area contributed by atoms with Crippen LogP contribution < -0.4 is 0 Å². The van der Waals surface area contributed by atoms with E-state index in [1.165, 1.54) is 10.8 Å². The lowest BCUT2D eigenvalue weighted by Crippen LogP contribution is -2.04. The van der Waals surface area contributed by atoms with E-state index in [2.05, 4.69) is 39.7 Å². The van der Waals surface area contributed by atoms with Gasteiger partial charge in [0.25, 0.3) is 0 Å². The minimum atomic E-state index is 0.500. The molecule has 102 valence electrons. The lowest BCUT2D eigenvalue weighted by molar-refractivity contribution is 0.566. The Morgan fingerprint density at radius 3 is 2.76 bits per heavy atom. The summed E-state index contributed by atoms with van der Waals surface area (Å²) in [5.74, 6) is 1.12. The zero-order valence-electron chi connectivity index (χ0n) is 11.2. The predicted molar refractivity (Wildman–Crippen MR) is 78.6 cm³/mol. The van der Waals surface area contributed by atoms with E-state index in [-0.39, 0.29) is 0 Å². The average Bonchev–Trinajstić information content (AvgIpc) is 3.18. The Morgan fingerprint density at radius 2 is 1.86 bits per heavy atom. The minimum Gasteiger partial charge on any atom is -0.461 e. The molecule has 0 aliphatic carbocycles. The molecular weight excluding hydrogens is 264 g/mol. The Bertz CT molecular complexity index is 875. The minimum absolute atomic E-state index is 0.500. The lowest BCUT2D eigenvalue weighted by Gasteiger charge is -2.05. The molecule has 5 nitrogen and oxygen atoms in total. The molecule has 2 aromatic carbocycles. The molecule has 0 spiro atoms. The van der Waals surface area contributed by atoms with Gasteiger partial charge in [0.05, 0.1) is 12.8 Å². The van der Waals surface area contributed by atoms with Crippen LogP contribution in [0.15, 0.2) is 65.3 Å². The van der Waals surface area contributed by atoms with E-state index in [0.29, 0.717) is 18.1 Å². The highest BCUT2D eigenvalue weighted by atomic mass is 16.3. The van der Waals surface area contributed by atoms with Gasteiger partial charge in [0.2, 0.25) is 5.82 Å². The zero-order valence-corrected chi connectivity index (χ0v) is 11.2. The van der Waals surface area contributed by atoms with Crippen molar-refractivity contribution in [2.45, 2.75) is 6.54 Å². The van der Waals surface area contributed by atoms with Gasteiger partial charge in [0.1, 0.15) is 0 Å². The average molecular weight is 276 g/mol. The summed E-state index contributed by atoms with van der Waals surface area (Å²) in [5, 5.41) is 14.9. The predicted octanol–water partition coefficient (Wildman–Crippen LogP) is 3.13. The van der Waals surface area contributed by atoms with Crippen LogP contribution in [0.4, 0.5) is 0 Å². The topological polar surface area (TPSA) is 56.7 Å². The molecule has 5 heteroatoms. The molecule has 0 radical (unpaired) electrons. The van der Waals surface area contributed by atoms with Crippen LogP contribution in [0.2, 0.25) is 0 Å². The van der Waals surface area contributed by atoms with E-state index in [1.54, 1.807) is 17.1 Å². The number of rotatable bonds is 3. The van der Waals surface area contributed by atoms with Crippen molar-refractivity contribution in [1.29, 1.82) is 0 Å². The van der Waals surface area contributed by atoms with Gasteiger partial charge in [-0.2, -0.15) is 4.80 Å². The Labute approximate surface area is 120 Å². The SMILES string of the molecule is c1coc(-c2nnn(Cc3cccc4ccccc34)n2)c1. The fraction of sp³-hybridized carbons (Fsp3) is 0.0625. The normalized spacial score (nSPS) is 11.0. The number of benzene rings is 2. The first-order valence-corrected chi connectivity index (χ1v) is 6.68. The highest BCUT2D eigenvalue weighted by molar-refractivity contribution is 5.85. The number of fused-ring (bicyclic) bond motifs is 1. The first-order valence-electron chi connectivity index (χ1n) is 6.68. The van der Waals surface area contributed by atoms with Crippen molar-refractivity contribution in [3.63, 3.8) is 0 Å². The molecule has 0 aliphatic heterocycles. The fourth-order valence-corrected chi connectivity index (χ4v) is 2.40. The van der Waals surface area contributed by atoms with Crippen molar-refractivity contribution in [2.24, 2.45) is 0 Å². The highest BCUT2D eigenvalue weighted by Gasteiger charge is 2.09. The molecule has 0 aliphatic rings. The number of hydrogen-bond acceptors (Lipinski definition) is 4. The summed E-state index contributed by atoms with van der Waals surface area (Å²) in [6, 6.07) is 18.1. The maximum atomic E-state index is 5.27. The van der Waals surface area contributed by atoms with Gasteiger partial charge < -0.3 is 4.42 Å². The van der Waals surface area contributed by atoms with Crippen molar-refractivity contribution in [3.8, 4) is 11.6 Å². The fourth-order valence-electron chi connectivity index (χ4n) is 2.40. The second-order valence-corrected chi connectivity index (χ2v) is 4.76. The molecule has 0 N–H and O–H groups in total. The maximum absolute atomic E-state index is 5.27. The number of hydrogen-bond donors (Lipinski definition) is 0. The molecule has 0 atom stereocenters. The van der Waals surface area contributed by atoms with Crippen molar-refractivity contribution >= 4 is 10.8 Å². The number of nitrogens with zero attached hydrogens (tertiary/aromatic N) is 4. The van der Waals surface area contributed by atoms with Gasteiger partial charge in [-0.1, -0.05) is 42.5 Å². The van der Waals surface area contributed by atoms with Crippen LogP contribution >= 0.6 is 0 Å². The summed E-state index contributed by atoms with van der Waals surface area (Å²) in [6.07, 6.45) is 1.60. The quantitative estimate of drug-likeness (QED) is 0.577. The van der Waals surface area contributed by atoms with E-state index in [1.807, 2.05) is 24.3 Å². The molecule has 4 aromatic rings. The van der Waals surface area contributed by atoms with Crippen molar-refractivity contribution in [3.05, 3.63) is 66.4 Å². The Morgan fingerprint density at radius 1 is 0.952 bits per heavy atom. The molecule has 0 saturated heterocycles. The van der Waals surface area contributed by atoms with E-state index < -0.39 is 0 Å². The summed E-state index contributed by atoms with van der Waals surface area (Å²) in [5.41, 5.74) is 1.16. The third kappa shape index (κ3) is 2.18. The molecule has 2 heterocycles. The Kier molecular flexibility index (Phi) is 2.74. The molecule has 0 unspecified atom stereocenters. The molecule has 0 amide bonds. The van der Waals surface area contributed by atoms with Gasteiger partial charge in [-0.25, -0.2) is 0 Å². The van der Waals surface area contributed by atoms with Crippen molar-refractivity contribution in [2.75, 3.05) is 0 Å². The molecule has 4 rings (SSSR count). The van der Waals surface area contributed by atoms with Crippen LogP contribution in [0, 0.1) is 0 Å². The first-order chi connectivity index (χ1) is 10.4. The molecule has 0 fully saturated rings. The van der Waals surface area contributed by atoms with Crippen LogP contribution in [0.5, 0.6) is 0 Å². The van der Waals surface area contributed by atoms with E-state index in [4.69, 9.17) is 4.42 Å². The monoisotopic (exact) mass is 276 g/mol. The number of tetrazole rings is 1. The summed E-state index contributed by atoms with van der Waals surface area (Å²) in [6.45, 7) is 0.578.